The molecular formula is C22H29N3O3. The first kappa shape index (κ1) is 19.0. The van der Waals surface area contributed by atoms with E-state index in [-0.39, 0.29) is 30.4 Å². The smallest absolute Gasteiger partial charge is 0.277 e. The van der Waals surface area contributed by atoms with Gasteiger partial charge in [-0.1, -0.05) is 18.2 Å². The quantitative estimate of drug-likeness (QED) is 0.561. The molecule has 4 bridgehead atoms. The van der Waals surface area contributed by atoms with Crippen molar-refractivity contribution < 1.29 is 14.3 Å². The number of hydrogen-bond donors (Lipinski definition) is 2. The van der Waals surface area contributed by atoms with Crippen LogP contribution < -0.4 is 15.5 Å². The Bertz CT molecular complexity index is 724. The van der Waals surface area contributed by atoms with Crippen molar-refractivity contribution in [3.63, 3.8) is 0 Å². The van der Waals surface area contributed by atoms with Gasteiger partial charge >= 0.3 is 0 Å². The van der Waals surface area contributed by atoms with E-state index in [1.165, 1.54) is 19.3 Å². The van der Waals surface area contributed by atoms with Gasteiger partial charge in [-0.15, -0.1) is 0 Å². The van der Waals surface area contributed by atoms with Crippen LogP contribution in [0.4, 0.5) is 0 Å². The van der Waals surface area contributed by atoms with Crippen molar-refractivity contribution >= 4 is 17.5 Å². The van der Waals surface area contributed by atoms with Crippen molar-refractivity contribution in [2.24, 2.45) is 22.9 Å². The molecule has 2 N–H and O–H groups in total. The molecule has 4 aliphatic carbocycles. The van der Waals surface area contributed by atoms with Gasteiger partial charge in [-0.05, 0) is 75.3 Å². The van der Waals surface area contributed by atoms with E-state index in [1.807, 2.05) is 18.2 Å². The number of hydrogen-bond acceptors (Lipinski definition) is 4. The molecule has 4 saturated carbocycles. The lowest BCUT2D eigenvalue weighted by molar-refractivity contribution is -0.126. The van der Waals surface area contributed by atoms with Crippen molar-refractivity contribution in [2.75, 3.05) is 6.61 Å². The lowest BCUT2D eigenvalue weighted by atomic mass is 9.53. The van der Waals surface area contributed by atoms with Crippen LogP contribution in [-0.4, -0.2) is 29.7 Å². The second kappa shape index (κ2) is 7.94. The Kier molecular flexibility index (Phi) is 5.38. The van der Waals surface area contributed by atoms with Gasteiger partial charge in [0.15, 0.2) is 6.61 Å². The van der Waals surface area contributed by atoms with Crippen molar-refractivity contribution in [3.8, 4) is 5.75 Å². The summed E-state index contributed by atoms with van der Waals surface area (Å²) in [4.78, 5) is 24.4. The predicted molar refractivity (Wildman–Crippen MR) is 107 cm³/mol. The maximum Gasteiger partial charge on any atom is 0.277 e. The summed E-state index contributed by atoms with van der Waals surface area (Å²) in [5.41, 5.74) is 3.07. The van der Waals surface area contributed by atoms with Gasteiger partial charge in [-0.25, -0.2) is 5.43 Å². The highest BCUT2D eigenvalue weighted by Gasteiger charge is 2.51. The molecule has 0 spiro atoms. The molecule has 2 amide bonds. The molecule has 0 atom stereocenters. The number of benzene rings is 1. The first-order chi connectivity index (χ1) is 13.5. The second-order valence-corrected chi connectivity index (χ2v) is 8.91. The minimum absolute atomic E-state index is 0.0120. The Hall–Kier alpha value is -2.37. The molecule has 0 aromatic heterocycles. The molecule has 0 unspecified atom stereocenters. The van der Waals surface area contributed by atoms with Crippen LogP contribution in [0.15, 0.2) is 35.4 Å². The van der Waals surface area contributed by atoms with E-state index in [9.17, 15) is 9.59 Å². The largest absolute Gasteiger partial charge is 0.484 e. The Balaban J connectivity index is 1.22. The van der Waals surface area contributed by atoms with E-state index in [2.05, 4.69) is 15.8 Å². The van der Waals surface area contributed by atoms with Gasteiger partial charge in [0.2, 0.25) is 5.91 Å². The Morgan fingerprint density at radius 1 is 1.04 bits per heavy atom. The highest BCUT2D eigenvalue weighted by atomic mass is 16.5. The lowest BCUT2D eigenvalue weighted by Crippen LogP contribution is -2.60. The molecule has 1 aromatic rings. The normalized spacial score (nSPS) is 30.8. The van der Waals surface area contributed by atoms with E-state index in [0.717, 1.165) is 37.0 Å². The standard InChI is InChI=1S/C22H29N3O3/c1-15(24-25-21(27)14-28-19-5-3-2-4-6-19)7-20(26)23-22-11-16-8-17(12-22)10-18(9-16)13-22/h2-6,16-18H,7-14H2,1H3,(H,23,26)(H,25,27)/b24-15-. The van der Waals surface area contributed by atoms with Crippen LogP contribution in [0.5, 0.6) is 5.75 Å². The second-order valence-electron chi connectivity index (χ2n) is 8.91. The molecule has 0 aliphatic heterocycles. The molecule has 5 rings (SSSR count). The molecule has 1 aromatic carbocycles. The van der Waals surface area contributed by atoms with Crippen LogP contribution in [0.2, 0.25) is 0 Å². The summed E-state index contributed by atoms with van der Waals surface area (Å²) in [6.45, 7) is 1.65. The fourth-order valence-electron chi connectivity index (χ4n) is 5.73. The number of hydrazone groups is 1. The van der Waals surface area contributed by atoms with Gasteiger partial charge in [-0.3, -0.25) is 9.59 Å². The van der Waals surface area contributed by atoms with E-state index in [4.69, 9.17) is 4.74 Å². The fraction of sp³-hybridized carbons (Fsp3) is 0.591. The number of carbonyl (C=O) groups excluding carboxylic acids is 2. The molecule has 0 radical (unpaired) electrons. The molecule has 6 heteroatoms. The Morgan fingerprint density at radius 3 is 2.25 bits per heavy atom. The number of nitrogens with zero attached hydrogens (tertiary/aromatic N) is 1. The summed E-state index contributed by atoms with van der Waals surface area (Å²) in [6, 6.07) is 9.15. The molecule has 6 nitrogen and oxygen atoms in total. The third-order valence-electron chi connectivity index (χ3n) is 6.34. The summed E-state index contributed by atoms with van der Waals surface area (Å²) in [6.07, 6.45) is 7.67. The highest BCUT2D eigenvalue weighted by Crippen LogP contribution is 2.55. The van der Waals surface area contributed by atoms with Crippen LogP contribution in [0.1, 0.15) is 51.9 Å². The fourth-order valence-corrected chi connectivity index (χ4v) is 5.73. The molecule has 4 aliphatic rings. The van der Waals surface area contributed by atoms with E-state index >= 15 is 0 Å². The van der Waals surface area contributed by atoms with Crippen LogP contribution in [0, 0.1) is 17.8 Å². The monoisotopic (exact) mass is 383 g/mol. The maximum absolute atomic E-state index is 12.6. The minimum Gasteiger partial charge on any atom is -0.484 e. The number of para-hydroxylation sites is 1. The molecule has 150 valence electrons. The third kappa shape index (κ3) is 4.54. The van der Waals surface area contributed by atoms with Gasteiger partial charge < -0.3 is 10.1 Å². The number of rotatable bonds is 7. The average molecular weight is 383 g/mol. The van der Waals surface area contributed by atoms with Crippen LogP contribution in [0.25, 0.3) is 0 Å². The van der Waals surface area contributed by atoms with Gasteiger partial charge in [-0.2, -0.15) is 5.10 Å². The third-order valence-corrected chi connectivity index (χ3v) is 6.34. The zero-order valence-corrected chi connectivity index (χ0v) is 16.4. The zero-order chi connectivity index (χ0) is 19.6. The predicted octanol–water partition coefficient (Wildman–Crippen LogP) is 3.03. The van der Waals surface area contributed by atoms with Crippen molar-refractivity contribution in [3.05, 3.63) is 30.3 Å². The van der Waals surface area contributed by atoms with Crippen LogP contribution in [-0.2, 0) is 9.59 Å². The zero-order valence-electron chi connectivity index (χ0n) is 16.4. The first-order valence-corrected chi connectivity index (χ1v) is 10.3. The van der Waals surface area contributed by atoms with Gasteiger partial charge in [0.25, 0.3) is 5.91 Å². The molecule has 28 heavy (non-hydrogen) atoms. The Morgan fingerprint density at radius 2 is 1.64 bits per heavy atom. The summed E-state index contributed by atoms with van der Waals surface area (Å²) in [7, 11) is 0. The highest BCUT2D eigenvalue weighted by molar-refractivity contribution is 6.00. The SMILES string of the molecule is C/C(CC(=O)NC12CC3CC(CC(C3)C1)C2)=N/NC(=O)COc1ccccc1. The number of carbonyl (C=O) groups is 2. The lowest BCUT2D eigenvalue weighted by Gasteiger charge is -2.56. The first-order valence-electron chi connectivity index (χ1n) is 10.3. The molecular weight excluding hydrogens is 354 g/mol. The summed E-state index contributed by atoms with van der Waals surface area (Å²) in [5, 5.41) is 7.38. The van der Waals surface area contributed by atoms with Gasteiger partial charge in [0.05, 0.1) is 6.42 Å². The summed E-state index contributed by atoms with van der Waals surface area (Å²) >= 11 is 0. The summed E-state index contributed by atoms with van der Waals surface area (Å²) in [5.74, 6) is 2.69. The van der Waals surface area contributed by atoms with Crippen molar-refractivity contribution in [1.29, 1.82) is 0 Å². The van der Waals surface area contributed by atoms with E-state index in [1.54, 1.807) is 19.1 Å². The topological polar surface area (TPSA) is 79.8 Å². The number of ether oxygens (including phenoxy) is 1. The van der Waals surface area contributed by atoms with Gasteiger partial charge in [0, 0.05) is 11.3 Å². The van der Waals surface area contributed by atoms with Gasteiger partial charge in [0.1, 0.15) is 5.75 Å². The minimum atomic E-state index is -0.343. The van der Waals surface area contributed by atoms with Crippen LogP contribution >= 0.6 is 0 Å². The molecule has 4 fully saturated rings. The Labute approximate surface area is 166 Å². The summed E-state index contributed by atoms with van der Waals surface area (Å²) < 4.78 is 5.38. The van der Waals surface area contributed by atoms with E-state index in [0.29, 0.717) is 11.5 Å². The van der Waals surface area contributed by atoms with Crippen LogP contribution in [0.3, 0.4) is 0 Å². The number of nitrogens with one attached hydrogen (secondary N) is 2. The van der Waals surface area contributed by atoms with Crippen molar-refractivity contribution in [2.45, 2.75) is 57.4 Å². The molecule has 0 saturated heterocycles. The number of amides is 2. The molecule has 0 heterocycles. The average Bonchev–Trinajstić information content (AvgIpc) is 2.64. The van der Waals surface area contributed by atoms with E-state index < -0.39 is 0 Å². The van der Waals surface area contributed by atoms with Crippen molar-refractivity contribution in [1.82, 2.24) is 10.7 Å². The maximum atomic E-state index is 12.6.